The molecule has 1 heterocycles. The smallest absolute Gasteiger partial charge is 0.335 e. The molecule has 6 heteroatoms. The molecule has 0 aromatic heterocycles. The van der Waals surface area contributed by atoms with Crippen molar-refractivity contribution in [2.24, 2.45) is 56.7 Å². The molecule has 1 saturated heterocycles. The first-order chi connectivity index (χ1) is 23.1. The second-order valence-electron chi connectivity index (χ2n) is 18.7. The number of carboxylic acid groups (broad SMARTS) is 1. The predicted molar refractivity (Wildman–Crippen MR) is 195 cm³/mol. The van der Waals surface area contributed by atoms with Gasteiger partial charge in [-0.3, -0.25) is 9.59 Å². The maximum absolute atomic E-state index is 13.2. The number of carbonyl (C=O) groups excluding carboxylic acids is 2. The van der Waals surface area contributed by atoms with Crippen LogP contribution < -0.4 is 5.32 Å². The molecule has 0 bridgehead atoms. The summed E-state index contributed by atoms with van der Waals surface area (Å²) < 4.78 is 0. The largest absolute Gasteiger partial charge is 0.478 e. The van der Waals surface area contributed by atoms with E-state index in [4.69, 9.17) is 0 Å². The van der Waals surface area contributed by atoms with Crippen LogP contribution in [-0.2, 0) is 9.59 Å². The fraction of sp³-hybridized carbons (Fsp3) is 0.698. The van der Waals surface area contributed by atoms with Crippen molar-refractivity contribution >= 4 is 23.4 Å². The number of aromatic carboxylic acids is 1. The summed E-state index contributed by atoms with van der Waals surface area (Å²) in [7, 11) is 0. The van der Waals surface area contributed by atoms with Gasteiger partial charge in [-0.15, -0.1) is 0 Å². The molecule has 9 atom stereocenters. The van der Waals surface area contributed by atoms with Gasteiger partial charge in [-0.2, -0.15) is 0 Å². The number of amides is 2. The summed E-state index contributed by atoms with van der Waals surface area (Å²) in [6, 6.07) is 7.54. The molecule has 1 aromatic carbocycles. The number of likely N-dealkylation sites (tertiary alicyclic amines) is 1. The van der Waals surface area contributed by atoms with Crippen molar-refractivity contribution in [2.75, 3.05) is 19.6 Å². The minimum Gasteiger partial charge on any atom is -0.478 e. The van der Waals surface area contributed by atoms with Crippen molar-refractivity contribution in [2.45, 2.75) is 112 Å². The van der Waals surface area contributed by atoms with Gasteiger partial charge in [-0.05, 0) is 151 Å². The summed E-state index contributed by atoms with van der Waals surface area (Å²) in [4.78, 5) is 38.7. The molecular weight excluding hydrogens is 608 g/mol. The van der Waals surface area contributed by atoms with Gasteiger partial charge in [0.05, 0.1) is 12.1 Å². The molecule has 6 nitrogen and oxygen atoms in total. The SMILES string of the molecule is C=C(C)[C@@H]1CC[C@]2(CNC(=O)CN3CCCC3=O)CC[C@]3(C)[C@H](CC[C@@H]4[C@@]5(C)CC=C(c6ccc(C(=O)O)cc6)C(C)(C)[C@@H]5CC[C@]43C)[C@@H]12. The van der Waals surface area contributed by atoms with Crippen LogP contribution in [0.1, 0.15) is 128 Å². The first kappa shape index (κ1) is 34.6. The topological polar surface area (TPSA) is 86.7 Å². The van der Waals surface area contributed by atoms with Crippen LogP contribution in [0.2, 0.25) is 0 Å². The number of nitrogens with zero attached hydrogens (tertiary/aromatic N) is 1. The highest BCUT2D eigenvalue weighted by Gasteiger charge is 2.70. The molecular formula is C43H60N2O4. The minimum absolute atomic E-state index is 0.00238. The molecule has 1 aromatic rings. The highest BCUT2D eigenvalue weighted by molar-refractivity contribution is 5.88. The highest BCUT2D eigenvalue weighted by atomic mass is 16.4. The molecule has 5 aliphatic carbocycles. The summed E-state index contributed by atoms with van der Waals surface area (Å²) in [6.07, 6.45) is 14.7. The Labute approximate surface area is 294 Å². The summed E-state index contributed by atoms with van der Waals surface area (Å²) in [5.41, 5.74) is 4.96. The Balaban J connectivity index is 1.16. The lowest BCUT2D eigenvalue weighted by atomic mass is 9.32. The average Bonchev–Trinajstić information content (AvgIpc) is 3.63. The first-order valence-electron chi connectivity index (χ1n) is 19.3. The van der Waals surface area contributed by atoms with Crippen LogP contribution >= 0.6 is 0 Å². The number of allylic oxidation sites excluding steroid dienone is 3. The van der Waals surface area contributed by atoms with Gasteiger partial charge in [0.15, 0.2) is 0 Å². The van der Waals surface area contributed by atoms with Crippen molar-refractivity contribution in [1.29, 1.82) is 0 Å². The third kappa shape index (κ3) is 5.11. The predicted octanol–water partition coefficient (Wildman–Crippen LogP) is 8.77. The quantitative estimate of drug-likeness (QED) is 0.285. The van der Waals surface area contributed by atoms with Gasteiger partial charge in [0.25, 0.3) is 0 Å². The molecule has 2 amide bonds. The summed E-state index contributed by atoms with van der Waals surface area (Å²) in [5, 5.41) is 12.9. The summed E-state index contributed by atoms with van der Waals surface area (Å²) in [5.74, 6) is 2.08. The van der Waals surface area contributed by atoms with E-state index < -0.39 is 5.97 Å². The zero-order chi connectivity index (χ0) is 35.1. The third-order valence-electron chi connectivity index (χ3n) is 16.4. The Bertz CT molecular complexity index is 1580. The van der Waals surface area contributed by atoms with Crippen LogP contribution in [0.25, 0.3) is 5.57 Å². The van der Waals surface area contributed by atoms with Gasteiger partial charge in [-0.25, -0.2) is 4.79 Å². The van der Waals surface area contributed by atoms with E-state index in [1.54, 1.807) is 17.0 Å². The lowest BCUT2D eigenvalue weighted by Crippen LogP contribution is -2.66. The molecule has 0 radical (unpaired) electrons. The number of carbonyl (C=O) groups is 3. The van der Waals surface area contributed by atoms with E-state index in [0.29, 0.717) is 48.1 Å². The van der Waals surface area contributed by atoms with E-state index in [1.165, 1.54) is 49.7 Å². The highest BCUT2D eigenvalue weighted by Crippen LogP contribution is 2.77. The molecule has 266 valence electrons. The van der Waals surface area contributed by atoms with Gasteiger partial charge in [0.1, 0.15) is 0 Å². The van der Waals surface area contributed by atoms with Crippen molar-refractivity contribution in [3.63, 3.8) is 0 Å². The first-order valence-corrected chi connectivity index (χ1v) is 19.3. The number of hydrogen-bond acceptors (Lipinski definition) is 3. The second-order valence-corrected chi connectivity index (χ2v) is 18.7. The molecule has 0 unspecified atom stereocenters. The normalized spacial score (nSPS) is 40.8. The number of rotatable bonds is 7. The number of fused-ring (bicyclic) bond motifs is 7. The summed E-state index contributed by atoms with van der Waals surface area (Å²) >= 11 is 0. The molecule has 0 spiro atoms. The fourth-order valence-electron chi connectivity index (χ4n) is 13.9. The molecule has 49 heavy (non-hydrogen) atoms. The Hall–Kier alpha value is -2.89. The van der Waals surface area contributed by atoms with Crippen LogP contribution in [0.4, 0.5) is 0 Å². The van der Waals surface area contributed by atoms with Gasteiger partial charge in [0.2, 0.25) is 11.8 Å². The van der Waals surface area contributed by atoms with E-state index in [9.17, 15) is 19.5 Å². The van der Waals surface area contributed by atoms with Crippen LogP contribution in [-0.4, -0.2) is 47.4 Å². The van der Waals surface area contributed by atoms with Crippen molar-refractivity contribution in [3.8, 4) is 0 Å². The maximum Gasteiger partial charge on any atom is 0.335 e. The lowest BCUT2D eigenvalue weighted by Gasteiger charge is -2.72. The number of carboxylic acids is 1. The van der Waals surface area contributed by atoms with Crippen LogP contribution in [0.15, 0.2) is 42.5 Å². The lowest BCUT2D eigenvalue weighted by molar-refractivity contribution is -0.225. The Morgan fingerprint density at radius 3 is 2.33 bits per heavy atom. The fourth-order valence-corrected chi connectivity index (χ4v) is 13.9. The van der Waals surface area contributed by atoms with Crippen molar-refractivity contribution in [1.82, 2.24) is 10.2 Å². The number of benzene rings is 1. The number of hydrogen-bond donors (Lipinski definition) is 2. The maximum atomic E-state index is 13.2. The van der Waals surface area contributed by atoms with Gasteiger partial charge >= 0.3 is 5.97 Å². The van der Waals surface area contributed by atoms with E-state index in [1.807, 2.05) is 12.1 Å². The Morgan fingerprint density at radius 1 is 0.939 bits per heavy atom. The molecule has 6 aliphatic rings. The Morgan fingerprint density at radius 2 is 1.67 bits per heavy atom. The number of nitrogens with one attached hydrogen (secondary N) is 1. The third-order valence-corrected chi connectivity index (χ3v) is 16.4. The van der Waals surface area contributed by atoms with E-state index in [-0.39, 0.29) is 45.4 Å². The Kier molecular flexibility index (Phi) is 8.35. The molecule has 2 N–H and O–H groups in total. The molecule has 5 fully saturated rings. The van der Waals surface area contributed by atoms with Crippen molar-refractivity contribution in [3.05, 3.63) is 53.6 Å². The van der Waals surface area contributed by atoms with E-state index in [2.05, 4.69) is 59.5 Å². The zero-order valence-corrected chi connectivity index (χ0v) is 31.0. The second kappa shape index (κ2) is 11.8. The average molecular weight is 669 g/mol. The van der Waals surface area contributed by atoms with E-state index in [0.717, 1.165) is 37.8 Å². The van der Waals surface area contributed by atoms with Gasteiger partial charge in [-0.1, -0.05) is 65.0 Å². The van der Waals surface area contributed by atoms with E-state index >= 15 is 0 Å². The van der Waals surface area contributed by atoms with Gasteiger partial charge in [0, 0.05) is 19.5 Å². The molecule has 4 saturated carbocycles. The van der Waals surface area contributed by atoms with Crippen LogP contribution in [0.3, 0.4) is 0 Å². The van der Waals surface area contributed by atoms with Crippen molar-refractivity contribution < 1.29 is 19.5 Å². The minimum atomic E-state index is -0.876. The zero-order valence-electron chi connectivity index (χ0n) is 31.0. The van der Waals surface area contributed by atoms with Gasteiger partial charge < -0.3 is 15.3 Å². The molecule has 1 aliphatic heterocycles. The standard InChI is InChI=1S/C43H60N2O4/c1-27(2)30-16-21-43(26-44-35(46)25-45-24-8-9-36(45)47)23-22-41(6)32(37(30)43)14-15-34-40(5)19-17-31(28-10-12-29(13-11-28)38(48)49)39(3,4)33(40)18-20-42(34,41)7/h10-13,17,30,32-34,37H,1,8-9,14-16,18-26H2,2-7H3,(H,44,46)(H,48,49)/t30-,32+,33-,34+,37+,40-,41+,42+,43+/m0/s1. The monoisotopic (exact) mass is 668 g/mol. The van der Waals surface area contributed by atoms with Crippen LogP contribution in [0, 0.1) is 56.7 Å². The van der Waals surface area contributed by atoms with Crippen LogP contribution in [0.5, 0.6) is 0 Å². The summed E-state index contributed by atoms with van der Waals surface area (Å²) in [6.45, 7) is 21.3. The molecule has 7 rings (SSSR count).